The number of nitrogens with zero attached hydrogens (tertiary/aromatic N) is 1. The quantitative estimate of drug-likeness (QED) is 0.780. The van der Waals surface area contributed by atoms with Crippen LogP contribution in [0.25, 0.3) is 0 Å². The third-order valence-electron chi connectivity index (χ3n) is 3.25. The average molecular weight is 213 g/mol. The van der Waals surface area contributed by atoms with Gasteiger partial charge in [0.1, 0.15) is 0 Å². The first-order chi connectivity index (χ1) is 6.64. The van der Waals surface area contributed by atoms with E-state index in [9.17, 15) is 10.4 Å². The highest BCUT2D eigenvalue weighted by Gasteiger charge is 2.43. The zero-order valence-corrected chi connectivity index (χ0v) is 9.81. The average Bonchev–Trinajstić information content (AvgIpc) is 2.58. The normalized spacial score (nSPS) is 34.0. The van der Waals surface area contributed by atoms with Crippen LogP contribution in [0.3, 0.4) is 0 Å². The van der Waals surface area contributed by atoms with Gasteiger partial charge in [0.05, 0.1) is 17.6 Å². The Morgan fingerprint density at radius 3 is 2.86 bits per heavy atom. The van der Waals surface area contributed by atoms with E-state index in [1.807, 2.05) is 6.26 Å². The maximum Gasteiger partial charge on any atom is 0.0835 e. The molecule has 1 aliphatic rings. The predicted molar refractivity (Wildman–Crippen MR) is 60.1 cm³/mol. The van der Waals surface area contributed by atoms with Crippen molar-refractivity contribution in [2.75, 3.05) is 12.0 Å². The molecular weight excluding hydrogens is 194 g/mol. The Hall–Kier alpha value is -0.200. The van der Waals surface area contributed by atoms with Crippen LogP contribution in [0.1, 0.15) is 32.6 Å². The van der Waals surface area contributed by atoms with Crippen molar-refractivity contribution in [1.82, 2.24) is 0 Å². The summed E-state index contributed by atoms with van der Waals surface area (Å²) in [6, 6.07) is 2.36. The van der Waals surface area contributed by atoms with Crippen LogP contribution in [0.2, 0.25) is 0 Å². The van der Waals surface area contributed by atoms with E-state index >= 15 is 0 Å². The number of hydrogen-bond donors (Lipinski definition) is 1. The Kier molecular flexibility index (Phi) is 4.28. The Balaban J connectivity index is 2.57. The minimum atomic E-state index is -0.435. The first kappa shape index (κ1) is 11.9. The number of hydrogen-bond acceptors (Lipinski definition) is 3. The Bertz CT molecular complexity index is 226. The van der Waals surface area contributed by atoms with Gasteiger partial charge in [-0.15, -0.1) is 0 Å². The molecule has 0 bridgehead atoms. The lowest BCUT2D eigenvalue weighted by Crippen LogP contribution is -2.32. The molecule has 0 aliphatic heterocycles. The summed E-state index contributed by atoms with van der Waals surface area (Å²) in [6.45, 7) is 2.17. The van der Waals surface area contributed by atoms with Crippen LogP contribution in [0.15, 0.2) is 0 Å². The van der Waals surface area contributed by atoms with Gasteiger partial charge in [-0.1, -0.05) is 6.92 Å². The summed E-state index contributed by atoms with van der Waals surface area (Å²) in [6.07, 6.45) is 5.19. The Morgan fingerprint density at radius 1 is 1.71 bits per heavy atom. The largest absolute Gasteiger partial charge is 0.391 e. The maximum absolute atomic E-state index is 10.0. The van der Waals surface area contributed by atoms with Crippen molar-refractivity contribution in [1.29, 1.82) is 5.26 Å². The smallest absolute Gasteiger partial charge is 0.0835 e. The molecule has 0 spiro atoms. The van der Waals surface area contributed by atoms with Crippen molar-refractivity contribution < 1.29 is 5.11 Å². The van der Waals surface area contributed by atoms with Crippen molar-refractivity contribution in [2.24, 2.45) is 11.3 Å². The van der Waals surface area contributed by atoms with Gasteiger partial charge in [-0.2, -0.15) is 17.0 Å². The summed E-state index contributed by atoms with van der Waals surface area (Å²) in [5.74, 6) is 1.54. The number of nitriles is 1. The van der Waals surface area contributed by atoms with Crippen LogP contribution in [0, 0.1) is 22.7 Å². The molecule has 0 aromatic rings. The molecule has 1 fully saturated rings. The highest BCUT2D eigenvalue weighted by molar-refractivity contribution is 7.98. The Morgan fingerprint density at radius 2 is 2.43 bits per heavy atom. The molecule has 0 amide bonds. The monoisotopic (exact) mass is 213 g/mol. The molecule has 14 heavy (non-hydrogen) atoms. The maximum atomic E-state index is 10.0. The molecule has 1 aliphatic carbocycles. The van der Waals surface area contributed by atoms with E-state index in [4.69, 9.17) is 0 Å². The Labute approximate surface area is 90.7 Å². The van der Waals surface area contributed by atoms with Crippen LogP contribution >= 0.6 is 11.8 Å². The van der Waals surface area contributed by atoms with Gasteiger partial charge in [-0.25, -0.2) is 0 Å². The fraction of sp³-hybridized carbons (Fsp3) is 0.909. The molecule has 0 heterocycles. The molecule has 3 unspecified atom stereocenters. The number of aliphatic hydroxyl groups is 1. The topological polar surface area (TPSA) is 44.0 Å². The van der Waals surface area contributed by atoms with Crippen molar-refractivity contribution in [3.8, 4) is 6.07 Å². The number of thioether (sulfide) groups is 1. The summed E-state index contributed by atoms with van der Waals surface area (Å²) in [5, 5.41) is 19.2. The second-order valence-corrected chi connectivity index (χ2v) is 5.40. The van der Waals surface area contributed by atoms with E-state index in [1.54, 1.807) is 11.8 Å². The molecule has 3 atom stereocenters. The third kappa shape index (κ3) is 2.43. The lowest BCUT2D eigenvalue weighted by atomic mass is 9.80. The van der Waals surface area contributed by atoms with Crippen LogP contribution in [-0.4, -0.2) is 23.2 Å². The molecule has 3 heteroatoms. The van der Waals surface area contributed by atoms with Gasteiger partial charge in [0.2, 0.25) is 0 Å². The number of rotatable bonds is 4. The van der Waals surface area contributed by atoms with E-state index in [1.165, 1.54) is 0 Å². The zero-order valence-electron chi connectivity index (χ0n) is 8.99. The van der Waals surface area contributed by atoms with Crippen LogP contribution in [0.5, 0.6) is 0 Å². The van der Waals surface area contributed by atoms with Gasteiger partial charge in [-0.05, 0) is 43.6 Å². The highest BCUT2D eigenvalue weighted by atomic mass is 32.2. The number of aliphatic hydroxyl groups excluding tert-OH is 1. The summed E-state index contributed by atoms with van der Waals surface area (Å²) >= 11 is 1.73. The zero-order chi connectivity index (χ0) is 10.6. The fourth-order valence-corrected chi connectivity index (χ4v) is 2.77. The SMILES string of the molecule is CSCCC(O)C1(C#N)CCC(C)C1. The van der Waals surface area contributed by atoms with Crippen molar-refractivity contribution in [3.05, 3.63) is 0 Å². The summed E-state index contributed by atoms with van der Waals surface area (Å²) in [4.78, 5) is 0. The summed E-state index contributed by atoms with van der Waals surface area (Å²) in [7, 11) is 0. The third-order valence-corrected chi connectivity index (χ3v) is 3.90. The van der Waals surface area contributed by atoms with Gasteiger partial charge in [0.25, 0.3) is 0 Å². The van der Waals surface area contributed by atoms with Crippen molar-refractivity contribution >= 4 is 11.8 Å². The standard InChI is InChI=1S/C11H19NOS/c1-9-3-5-11(7-9,8-12)10(13)4-6-14-2/h9-10,13H,3-7H2,1-2H3. The van der Waals surface area contributed by atoms with Gasteiger partial charge in [0.15, 0.2) is 0 Å². The highest BCUT2D eigenvalue weighted by Crippen LogP contribution is 2.44. The molecule has 1 N–H and O–H groups in total. The molecule has 1 rings (SSSR count). The fourth-order valence-electron chi connectivity index (χ4n) is 2.31. The van der Waals surface area contributed by atoms with Crippen LogP contribution < -0.4 is 0 Å². The summed E-state index contributed by atoms with van der Waals surface area (Å²) in [5.41, 5.74) is -0.435. The molecule has 0 aromatic heterocycles. The lowest BCUT2D eigenvalue weighted by Gasteiger charge is -2.27. The minimum absolute atomic E-state index is 0.426. The van der Waals surface area contributed by atoms with Gasteiger partial charge < -0.3 is 5.11 Å². The van der Waals surface area contributed by atoms with E-state index < -0.39 is 11.5 Å². The van der Waals surface area contributed by atoms with Crippen LogP contribution in [-0.2, 0) is 0 Å². The molecule has 2 nitrogen and oxygen atoms in total. The minimum Gasteiger partial charge on any atom is -0.391 e. The first-order valence-corrected chi connectivity index (χ1v) is 6.62. The second-order valence-electron chi connectivity index (χ2n) is 4.41. The van der Waals surface area contributed by atoms with Crippen molar-refractivity contribution in [2.45, 2.75) is 38.7 Å². The predicted octanol–water partition coefficient (Wildman–Crippen LogP) is 2.43. The van der Waals surface area contributed by atoms with Crippen LogP contribution in [0.4, 0.5) is 0 Å². The van der Waals surface area contributed by atoms with E-state index in [0.717, 1.165) is 31.4 Å². The molecule has 0 saturated heterocycles. The van der Waals surface area contributed by atoms with E-state index in [-0.39, 0.29) is 0 Å². The molecule has 1 saturated carbocycles. The summed E-state index contributed by atoms with van der Waals surface area (Å²) < 4.78 is 0. The van der Waals surface area contributed by atoms with Gasteiger partial charge in [-0.3, -0.25) is 0 Å². The van der Waals surface area contributed by atoms with Crippen molar-refractivity contribution in [3.63, 3.8) is 0 Å². The van der Waals surface area contributed by atoms with Gasteiger partial charge >= 0.3 is 0 Å². The lowest BCUT2D eigenvalue weighted by molar-refractivity contribution is 0.0631. The van der Waals surface area contributed by atoms with E-state index in [0.29, 0.717) is 5.92 Å². The molecule has 0 aromatic carbocycles. The molecule has 0 radical (unpaired) electrons. The van der Waals surface area contributed by atoms with Gasteiger partial charge in [0, 0.05) is 0 Å². The second kappa shape index (κ2) is 5.04. The first-order valence-electron chi connectivity index (χ1n) is 5.23. The molecular formula is C11H19NOS. The van der Waals surface area contributed by atoms with E-state index in [2.05, 4.69) is 13.0 Å². The molecule has 80 valence electrons.